The Morgan fingerprint density at radius 3 is 2.70 bits per heavy atom. The molecule has 0 aliphatic heterocycles. The average Bonchev–Trinajstić information content (AvgIpc) is 2.45. The van der Waals surface area contributed by atoms with Crippen molar-refractivity contribution in [2.24, 2.45) is 0 Å². The van der Waals surface area contributed by atoms with Crippen LogP contribution in [0.25, 0.3) is 0 Å². The van der Waals surface area contributed by atoms with Gasteiger partial charge in [0, 0.05) is 13.1 Å². The molecule has 20 heavy (non-hydrogen) atoms. The molecule has 1 aromatic carbocycles. The average molecular weight is 300 g/mol. The van der Waals surface area contributed by atoms with E-state index in [1.807, 2.05) is 18.2 Å². The maximum atomic E-state index is 6.14. The maximum absolute atomic E-state index is 6.14. The van der Waals surface area contributed by atoms with E-state index in [2.05, 4.69) is 11.9 Å². The Hall–Kier alpha value is -1.23. The molecule has 0 saturated carbocycles. The summed E-state index contributed by atoms with van der Waals surface area (Å²) in [6.07, 6.45) is 2.73. The highest BCUT2D eigenvalue weighted by Crippen LogP contribution is 2.35. The van der Waals surface area contributed by atoms with Crippen LogP contribution in [-0.4, -0.2) is 34.0 Å². The number of benzene rings is 1. The smallest absolute Gasteiger partial charge is 0.179 e. The lowest BCUT2D eigenvalue weighted by atomic mass is 10.2. The number of hydrogen-bond donors (Lipinski definition) is 1. The van der Waals surface area contributed by atoms with Gasteiger partial charge in [-0.15, -0.1) is 6.58 Å². The Morgan fingerprint density at radius 1 is 1.25 bits per heavy atom. The van der Waals surface area contributed by atoms with Crippen LogP contribution < -0.4 is 14.8 Å². The van der Waals surface area contributed by atoms with Gasteiger partial charge in [-0.25, -0.2) is 0 Å². The van der Waals surface area contributed by atoms with E-state index in [-0.39, 0.29) is 0 Å². The SMILES string of the molecule is C=CCCOCCNCc1cc(Cl)c(OC)c(OC)c1. The second-order valence-corrected chi connectivity index (χ2v) is 4.59. The number of halogens is 1. The van der Waals surface area contributed by atoms with E-state index in [4.69, 9.17) is 25.8 Å². The lowest BCUT2D eigenvalue weighted by molar-refractivity contribution is 0.140. The highest BCUT2D eigenvalue weighted by Gasteiger charge is 2.10. The highest BCUT2D eigenvalue weighted by molar-refractivity contribution is 6.32. The summed E-state index contributed by atoms with van der Waals surface area (Å²) in [6, 6.07) is 3.78. The molecular formula is C15H22ClNO3. The van der Waals surface area contributed by atoms with Crippen LogP contribution in [0.1, 0.15) is 12.0 Å². The van der Waals surface area contributed by atoms with Crippen LogP contribution in [0, 0.1) is 0 Å². The van der Waals surface area contributed by atoms with E-state index in [1.165, 1.54) is 0 Å². The highest BCUT2D eigenvalue weighted by atomic mass is 35.5. The fourth-order valence-electron chi connectivity index (χ4n) is 1.72. The van der Waals surface area contributed by atoms with Crippen molar-refractivity contribution >= 4 is 11.6 Å². The van der Waals surface area contributed by atoms with Gasteiger partial charge in [0.2, 0.25) is 0 Å². The fourth-order valence-corrected chi connectivity index (χ4v) is 2.03. The predicted octanol–water partition coefficient (Wildman–Crippen LogP) is 3.04. The van der Waals surface area contributed by atoms with E-state index in [9.17, 15) is 0 Å². The first-order valence-corrected chi connectivity index (χ1v) is 6.90. The van der Waals surface area contributed by atoms with Crippen LogP contribution >= 0.6 is 11.6 Å². The van der Waals surface area contributed by atoms with Gasteiger partial charge >= 0.3 is 0 Å². The van der Waals surface area contributed by atoms with Crippen LogP contribution in [-0.2, 0) is 11.3 Å². The van der Waals surface area contributed by atoms with E-state index in [1.54, 1.807) is 14.2 Å². The third kappa shape index (κ3) is 5.41. The molecule has 0 bridgehead atoms. The molecule has 0 spiro atoms. The quantitative estimate of drug-likeness (QED) is 0.532. The van der Waals surface area contributed by atoms with E-state index < -0.39 is 0 Å². The molecule has 1 rings (SSSR count). The topological polar surface area (TPSA) is 39.7 Å². The lowest BCUT2D eigenvalue weighted by Crippen LogP contribution is -2.19. The molecule has 112 valence electrons. The molecule has 4 nitrogen and oxygen atoms in total. The molecule has 1 N–H and O–H groups in total. The molecule has 0 fully saturated rings. The summed E-state index contributed by atoms with van der Waals surface area (Å²) in [7, 11) is 3.17. The molecule has 0 unspecified atom stereocenters. The third-order valence-corrected chi connectivity index (χ3v) is 2.99. The summed E-state index contributed by atoms with van der Waals surface area (Å²) in [5, 5.41) is 3.84. The summed E-state index contributed by atoms with van der Waals surface area (Å²) in [5.41, 5.74) is 1.04. The molecule has 0 aliphatic carbocycles. The van der Waals surface area contributed by atoms with Crippen LogP contribution in [0.5, 0.6) is 11.5 Å². The van der Waals surface area contributed by atoms with Crippen LogP contribution in [0.15, 0.2) is 24.8 Å². The Morgan fingerprint density at radius 2 is 2.05 bits per heavy atom. The van der Waals surface area contributed by atoms with Crippen LogP contribution in [0.2, 0.25) is 5.02 Å². The minimum absolute atomic E-state index is 0.547. The summed E-state index contributed by atoms with van der Waals surface area (Å²) >= 11 is 6.14. The van der Waals surface area contributed by atoms with Crippen molar-refractivity contribution in [1.82, 2.24) is 5.32 Å². The van der Waals surface area contributed by atoms with Gasteiger partial charge in [0.15, 0.2) is 11.5 Å². The Labute approximate surface area is 125 Å². The van der Waals surface area contributed by atoms with E-state index >= 15 is 0 Å². The molecular weight excluding hydrogens is 278 g/mol. The summed E-state index contributed by atoms with van der Waals surface area (Å²) in [5.74, 6) is 1.20. The van der Waals surface area contributed by atoms with Crippen molar-refractivity contribution in [2.45, 2.75) is 13.0 Å². The van der Waals surface area contributed by atoms with Gasteiger partial charge in [-0.1, -0.05) is 17.7 Å². The van der Waals surface area contributed by atoms with Crippen molar-refractivity contribution in [3.63, 3.8) is 0 Å². The number of ether oxygens (including phenoxy) is 3. The van der Waals surface area contributed by atoms with Gasteiger partial charge in [-0.3, -0.25) is 0 Å². The van der Waals surface area contributed by atoms with Crippen LogP contribution in [0.3, 0.4) is 0 Å². The third-order valence-electron chi connectivity index (χ3n) is 2.71. The minimum Gasteiger partial charge on any atom is -0.493 e. The first kappa shape index (κ1) is 16.8. The Bertz CT molecular complexity index is 424. The molecule has 5 heteroatoms. The summed E-state index contributed by atoms with van der Waals surface area (Å²) in [6.45, 7) is 6.51. The van der Waals surface area contributed by atoms with Gasteiger partial charge in [0.1, 0.15) is 0 Å². The molecule has 0 aromatic heterocycles. The molecule has 1 aromatic rings. The molecule has 0 aliphatic rings. The zero-order valence-electron chi connectivity index (χ0n) is 12.1. The van der Waals surface area contributed by atoms with Gasteiger partial charge in [0.25, 0.3) is 0 Å². The zero-order chi connectivity index (χ0) is 14.8. The van der Waals surface area contributed by atoms with Gasteiger partial charge in [-0.2, -0.15) is 0 Å². The van der Waals surface area contributed by atoms with Crippen molar-refractivity contribution in [3.8, 4) is 11.5 Å². The molecule has 0 atom stereocenters. The number of rotatable bonds is 10. The fraction of sp³-hybridized carbons (Fsp3) is 0.467. The van der Waals surface area contributed by atoms with Crippen LogP contribution in [0.4, 0.5) is 0 Å². The summed E-state index contributed by atoms with van der Waals surface area (Å²) in [4.78, 5) is 0. The first-order valence-electron chi connectivity index (χ1n) is 6.52. The molecule has 0 amide bonds. The van der Waals surface area contributed by atoms with E-state index in [0.29, 0.717) is 36.3 Å². The number of nitrogens with one attached hydrogen (secondary N) is 1. The predicted molar refractivity (Wildman–Crippen MR) is 81.9 cm³/mol. The van der Waals surface area contributed by atoms with Gasteiger partial charge < -0.3 is 19.5 Å². The normalized spacial score (nSPS) is 10.3. The van der Waals surface area contributed by atoms with Crippen molar-refractivity contribution < 1.29 is 14.2 Å². The molecule has 0 radical (unpaired) electrons. The van der Waals surface area contributed by atoms with Crippen molar-refractivity contribution in [2.75, 3.05) is 34.0 Å². The number of methoxy groups -OCH3 is 2. The minimum atomic E-state index is 0.547. The Kier molecular flexibility index (Phi) is 8.11. The largest absolute Gasteiger partial charge is 0.493 e. The standard InChI is InChI=1S/C15H22ClNO3/c1-4-5-7-20-8-6-17-11-12-9-13(16)15(19-3)14(10-12)18-2/h4,9-10,17H,1,5-8,11H2,2-3H3. The zero-order valence-corrected chi connectivity index (χ0v) is 12.8. The summed E-state index contributed by atoms with van der Waals surface area (Å²) < 4.78 is 15.9. The van der Waals surface area contributed by atoms with Crippen molar-refractivity contribution in [3.05, 3.63) is 35.4 Å². The first-order chi connectivity index (χ1) is 9.72. The van der Waals surface area contributed by atoms with E-state index in [0.717, 1.165) is 18.5 Å². The number of hydrogen-bond acceptors (Lipinski definition) is 4. The van der Waals surface area contributed by atoms with Gasteiger partial charge in [-0.05, 0) is 24.1 Å². The second kappa shape index (κ2) is 9.64. The van der Waals surface area contributed by atoms with Crippen molar-refractivity contribution in [1.29, 1.82) is 0 Å². The monoisotopic (exact) mass is 299 g/mol. The van der Waals surface area contributed by atoms with Gasteiger partial charge in [0.05, 0.1) is 32.5 Å². The Balaban J connectivity index is 2.40. The second-order valence-electron chi connectivity index (χ2n) is 4.18. The molecule has 0 heterocycles. The molecule has 0 saturated heterocycles. The maximum Gasteiger partial charge on any atom is 0.179 e. The lowest BCUT2D eigenvalue weighted by Gasteiger charge is -2.12.